The number of carbonyl (C=O) groups is 2. The van der Waals surface area contributed by atoms with Crippen LogP contribution in [0.25, 0.3) is 0 Å². The molecule has 1 fully saturated rings. The van der Waals surface area contributed by atoms with Gasteiger partial charge in [-0.2, -0.15) is 0 Å². The first-order valence-corrected chi connectivity index (χ1v) is 8.54. The molecule has 1 amide bonds. The number of amides is 1. The highest BCUT2D eigenvalue weighted by Crippen LogP contribution is 2.33. The standard InChI is InChI=1S/C16H26N4O6/c1-7(21)19-12-9(20-16(17)18)6-11(15(24)25)26-14(12)13(23)8-4-2-3-5-10(8)22/h6,8-10,12-14,22-23H,2-5H2,1H3,(H,19,21)(H,24,25)(H4,17,18,20)/t8?,9-,10?,12+,13?,14+/m0/s1. The molecule has 8 N–H and O–H groups in total. The minimum atomic E-state index is -1.34. The van der Waals surface area contributed by atoms with E-state index in [1.807, 2.05) is 0 Å². The number of aliphatic imine (C=N–C) groups is 1. The van der Waals surface area contributed by atoms with E-state index in [9.17, 15) is 24.9 Å². The molecule has 3 unspecified atom stereocenters. The summed E-state index contributed by atoms with van der Waals surface area (Å²) in [5.41, 5.74) is 10.8. The molecule has 0 aromatic carbocycles. The summed E-state index contributed by atoms with van der Waals surface area (Å²) in [6.45, 7) is 1.28. The Bertz CT molecular complexity index is 604. The van der Waals surface area contributed by atoms with E-state index in [1.165, 1.54) is 13.0 Å². The number of aliphatic hydroxyl groups is 2. The molecule has 2 aliphatic rings. The van der Waals surface area contributed by atoms with Gasteiger partial charge in [-0.05, 0) is 18.9 Å². The predicted octanol–water partition coefficient (Wildman–Crippen LogP) is -1.59. The van der Waals surface area contributed by atoms with Crippen molar-refractivity contribution in [3.05, 3.63) is 11.8 Å². The van der Waals surface area contributed by atoms with Crippen molar-refractivity contribution in [3.63, 3.8) is 0 Å². The molecule has 0 aromatic rings. The van der Waals surface area contributed by atoms with E-state index in [-0.39, 0.29) is 5.96 Å². The fourth-order valence-electron chi connectivity index (χ4n) is 3.59. The third kappa shape index (κ3) is 4.64. The molecule has 0 aromatic heterocycles. The van der Waals surface area contributed by atoms with Crippen molar-refractivity contribution in [1.29, 1.82) is 0 Å². The normalized spacial score (nSPS) is 32.6. The van der Waals surface area contributed by atoms with Crippen LogP contribution in [0, 0.1) is 5.92 Å². The summed E-state index contributed by atoms with van der Waals surface area (Å²) in [5, 5.41) is 33.0. The predicted molar refractivity (Wildman–Crippen MR) is 91.8 cm³/mol. The lowest BCUT2D eigenvalue weighted by molar-refractivity contribution is -0.145. The van der Waals surface area contributed by atoms with Crippen LogP contribution in [0.3, 0.4) is 0 Å². The Balaban J connectivity index is 2.38. The Kier molecular flexibility index (Phi) is 6.43. The van der Waals surface area contributed by atoms with Crippen molar-refractivity contribution in [2.45, 2.75) is 63.0 Å². The van der Waals surface area contributed by atoms with Gasteiger partial charge in [-0.25, -0.2) is 9.79 Å². The zero-order valence-corrected chi connectivity index (χ0v) is 14.5. The van der Waals surface area contributed by atoms with Crippen molar-refractivity contribution in [2.75, 3.05) is 0 Å². The van der Waals surface area contributed by atoms with Crippen LogP contribution in [0.4, 0.5) is 0 Å². The van der Waals surface area contributed by atoms with Crippen LogP contribution in [0.1, 0.15) is 32.6 Å². The van der Waals surface area contributed by atoms with E-state index in [1.54, 1.807) is 0 Å². The van der Waals surface area contributed by atoms with Crippen LogP contribution in [0.2, 0.25) is 0 Å². The topological polar surface area (TPSA) is 180 Å². The van der Waals surface area contributed by atoms with Crippen molar-refractivity contribution in [3.8, 4) is 0 Å². The molecule has 10 heteroatoms. The third-order valence-electron chi connectivity index (χ3n) is 4.74. The number of aliphatic carboxylic acids is 1. The molecule has 146 valence electrons. The molecule has 2 rings (SSSR count). The van der Waals surface area contributed by atoms with Gasteiger partial charge >= 0.3 is 5.97 Å². The molecular weight excluding hydrogens is 344 g/mol. The van der Waals surface area contributed by atoms with Crippen LogP contribution >= 0.6 is 0 Å². The Labute approximate surface area is 150 Å². The number of aliphatic hydroxyl groups excluding tert-OH is 2. The maximum Gasteiger partial charge on any atom is 0.370 e. The van der Waals surface area contributed by atoms with Crippen molar-refractivity contribution in [1.82, 2.24) is 5.32 Å². The van der Waals surface area contributed by atoms with Gasteiger partial charge < -0.3 is 36.8 Å². The number of guanidine groups is 1. The molecule has 1 aliphatic heterocycles. The molecule has 10 nitrogen and oxygen atoms in total. The highest BCUT2D eigenvalue weighted by Gasteiger charge is 2.45. The van der Waals surface area contributed by atoms with Gasteiger partial charge in [0.1, 0.15) is 6.10 Å². The zero-order chi connectivity index (χ0) is 19.4. The number of nitrogens with zero attached hydrogens (tertiary/aromatic N) is 1. The highest BCUT2D eigenvalue weighted by atomic mass is 16.5. The average Bonchev–Trinajstić information content (AvgIpc) is 2.55. The highest BCUT2D eigenvalue weighted by molar-refractivity contribution is 5.85. The summed E-state index contributed by atoms with van der Waals surface area (Å²) in [4.78, 5) is 27.0. The summed E-state index contributed by atoms with van der Waals surface area (Å²) in [5.74, 6) is -2.97. The Hall–Kier alpha value is -2.33. The zero-order valence-electron chi connectivity index (χ0n) is 14.5. The molecule has 0 spiro atoms. The summed E-state index contributed by atoms with van der Waals surface area (Å²) in [7, 11) is 0. The minimum absolute atomic E-state index is 0.292. The number of carboxylic acid groups (broad SMARTS) is 1. The molecule has 26 heavy (non-hydrogen) atoms. The van der Waals surface area contributed by atoms with Gasteiger partial charge in [-0.3, -0.25) is 4.79 Å². The molecule has 0 bridgehead atoms. The van der Waals surface area contributed by atoms with E-state index >= 15 is 0 Å². The van der Waals surface area contributed by atoms with Gasteiger partial charge in [0.15, 0.2) is 5.96 Å². The fraction of sp³-hybridized carbons (Fsp3) is 0.688. The fourth-order valence-corrected chi connectivity index (χ4v) is 3.59. The molecule has 6 atom stereocenters. The number of rotatable bonds is 5. The third-order valence-corrected chi connectivity index (χ3v) is 4.74. The minimum Gasteiger partial charge on any atom is -0.478 e. The van der Waals surface area contributed by atoms with Gasteiger partial charge in [-0.1, -0.05) is 12.8 Å². The smallest absolute Gasteiger partial charge is 0.370 e. The van der Waals surface area contributed by atoms with E-state index in [0.717, 1.165) is 12.8 Å². The number of nitrogens with two attached hydrogens (primary N) is 2. The van der Waals surface area contributed by atoms with Gasteiger partial charge in [-0.15, -0.1) is 0 Å². The quantitative estimate of drug-likeness (QED) is 0.247. The van der Waals surface area contributed by atoms with Gasteiger partial charge in [0, 0.05) is 12.8 Å². The number of carbonyl (C=O) groups excluding carboxylic acids is 1. The largest absolute Gasteiger partial charge is 0.478 e. The lowest BCUT2D eigenvalue weighted by Gasteiger charge is -2.41. The van der Waals surface area contributed by atoms with Crippen molar-refractivity contribution < 1.29 is 29.6 Å². The molecule has 0 saturated heterocycles. The Morgan fingerprint density at radius 2 is 2.00 bits per heavy atom. The maximum atomic E-state index is 11.6. The van der Waals surface area contributed by atoms with Gasteiger partial charge in [0.2, 0.25) is 11.7 Å². The molecule has 1 heterocycles. The van der Waals surface area contributed by atoms with E-state index in [2.05, 4.69) is 10.3 Å². The second-order valence-corrected chi connectivity index (χ2v) is 6.70. The van der Waals surface area contributed by atoms with Crippen LogP contribution in [-0.4, -0.2) is 63.6 Å². The molecule has 0 radical (unpaired) electrons. The first kappa shape index (κ1) is 20.0. The summed E-state index contributed by atoms with van der Waals surface area (Å²) < 4.78 is 5.47. The van der Waals surface area contributed by atoms with Crippen molar-refractivity contribution in [2.24, 2.45) is 22.4 Å². The van der Waals surface area contributed by atoms with Gasteiger partial charge in [0.05, 0.1) is 24.3 Å². The van der Waals surface area contributed by atoms with Crippen LogP contribution < -0.4 is 16.8 Å². The second-order valence-electron chi connectivity index (χ2n) is 6.70. The first-order valence-electron chi connectivity index (χ1n) is 8.54. The monoisotopic (exact) mass is 370 g/mol. The number of nitrogens with one attached hydrogen (secondary N) is 1. The molecule has 1 aliphatic carbocycles. The number of hydrogen-bond donors (Lipinski definition) is 6. The average molecular weight is 370 g/mol. The molecule has 1 saturated carbocycles. The SMILES string of the molecule is CC(=O)N[C@@H]1[C@@H](N=C(N)N)C=C(C(=O)O)O[C@H]1C(O)C1CCCCC1O. The second kappa shape index (κ2) is 8.37. The Morgan fingerprint density at radius 3 is 2.54 bits per heavy atom. The summed E-state index contributed by atoms with van der Waals surface area (Å²) in [6.07, 6.45) is 0.899. The number of ether oxygens (including phenoxy) is 1. The number of carboxylic acids is 1. The van der Waals surface area contributed by atoms with E-state index in [0.29, 0.717) is 12.8 Å². The summed E-state index contributed by atoms with van der Waals surface area (Å²) >= 11 is 0. The van der Waals surface area contributed by atoms with Crippen LogP contribution in [-0.2, 0) is 14.3 Å². The lowest BCUT2D eigenvalue weighted by Crippen LogP contribution is -2.59. The van der Waals surface area contributed by atoms with Crippen LogP contribution in [0.5, 0.6) is 0 Å². The number of hydrogen-bond acceptors (Lipinski definition) is 6. The lowest BCUT2D eigenvalue weighted by atomic mass is 9.78. The van der Waals surface area contributed by atoms with Gasteiger partial charge in [0.25, 0.3) is 0 Å². The Morgan fingerprint density at radius 1 is 1.35 bits per heavy atom. The maximum absolute atomic E-state index is 11.6. The summed E-state index contributed by atoms with van der Waals surface area (Å²) in [6, 6.07) is -1.81. The van der Waals surface area contributed by atoms with E-state index < -0.39 is 53.9 Å². The van der Waals surface area contributed by atoms with Crippen molar-refractivity contribution >= 4 is 17.8 Å². The molecular formula is C16H26N4O6. The van der Waals surface area contributed by atoms with Crippen LogP contribution in [0.15, 0.2) is 16.8 Å². The first-order chi connectivity index (χ1) is 12.2. The van der Waals surface area contributed by atoms with E-state index in [4.69, 9.17) is 16.2 Å².